The number of benzene rings is 1. The Kier molecular flexibility index (Phi) is 4.11. The maximum Gasteiger partial charge on any atom is 0.318 e. The molecule has 0 radical (unpaired) electrons. The molecule has 6 heteroatoms. The molecule has 1 aromatic heterocycles. The highest BCUT2D eigenvalue weighted by atomic mass is 16.5. The highest BCUT2D eigenvalue weighted by Gasteiger charge is 2.30. The van der Waals surface area contributed by atoms with Gasteiger partial charge in [-0.1, -0.05) is 18.2 Å². The first-order valence-electron chi connectivity index (χ1n) is 8.58. The van der Waals surface area contributed by atoms with Crippen LogP contribution in [0.1, 0.15) is 36.4 Å². The molecule has 1 saturated heterocycles. The van der Waals surface area contributed by atoms with Crippen molar-refractivity contribution >= 4 is 6.03 Å². The Labute approximate surface area is 141 Å². The Morgan fingerprint density at radius 1 is 1.33 bits per heavy atom. The first-order valence-corrected chi connectivity index (χ1v) is 8.58. The lowest BCUT2D eigenvalue weighted by atomic mass is 9.98. The number of hydrogen-bond acceptors (Lipinski definition) is 3. The lowest BCUT2D eigenvalue weighted by molar-refractivity contribution is 0.142. The number of rotatable bonds is 2. The first kappa shape index (κ1) is 15.1. The van der Waals surface area contributed by atoms with Crippen LogP contribution >= 0.6 is 0 Å². The Hall–Kier alpha value is -2.50. The summed E-state index contributed by atoms with van der Waals surface area (Å²) < 4.78 is 5.78. The molecule has 4 rings (SSSR count). The molecule has 126 valence electrons. The van der Waals surface area contributed by atoms with E-state index in [9.17, 15) is 4.79 Å². The largest absolute Gasteiger partial charge is 0.491 e. The molecule has 2 aliphatic heterocycles. The van der Waals surface area contributed by atoms with Crippen molar-refractivity contribution in [2.75, 3.05) is 13.2 Å². The lowest BCUT2D eigenvalue weighted by Gasteiger charge is -2.37. The number of aromatic nitrogens is 2. The number of carbonyl (C=O) groups is 1. The van der Waals surface area contributed by atoms with E-state index in [1.807, 2.05) is 35.5 Å². The summed E-state index contributed by atoms with van der Waals surface area (Å²) >= 11 is 0. The second-order valence-corrected chi connectivity index (χ2v) is 6.51. The molecule has 2 aromatic rings. The van der Waals surface area contributed by atoms with Crippen LogP contribution in [-0.4, -0.2) is 40.3 Å². The van der Waals surface area contributed by atoms with E-state index in [-0.39, 0.29) is 18.1 Å². The van der Waals surface area contributed by atoms with Gasteiger partial charge in [-0.2, -0.15) is 5.10 Å². The summed E-state index contributed by atoms with van der Waals surface area (Å²) in [6.07, 6.45) is 7.68. The van der Waals surface area contributed by atoms with Crippen LogP contribution in [-0.2, 0) is 6.42 Å². The van der Waals surface area contributed by atoms with Crippen LogP contribution in [0.15, 0.2) is 36.7 Å². The van der Waals surface area contributed by atoms with Gasteiger partial charge in [-0.3, -0.25) is 5.10 Å². The number of para-hydroxylation sites is 1. The fourth-order valence-corrected chi connectivity index (χ4v) is 3.64. The molecule has 2 atom stereocenters. The van der Waals surface area contributed by atoms with E-state index in [2.05, 4.69) is 21.6 Å². The van der Waals surface area contributed by atoms with Gasteiger partial charge in [0.15, 0.2) is 0 Å². The zero-order valence-electron chi connectivity index (χ0n) is 13.6. The van der Waals surface area contributed by atoms with Crippen molar-refractivity contribution < 1.29 is 9.53 Å². The van der Waals surface area contributed by atoms with E-state index in [0.717, 1.165) is 49.1 Å². The van der Waals surface area contributed by atoms with Crippen LogP contribution in [0.5, 0.6) is 5.75 Å². The van der Waals surface area contributed by atoms with Gasteiger partial charge in [-0.25, -0.2) is 4.79 Å². The average molecular weight is 326 g/mol. The van der Waals surface area contributed by atoms with Crippen LogP contribution in [0.4, 0.5) is 4.79 Å². The van der Waals surface area contributed by atoms with Crippen molar-refractivity contribution in [1.29, 1.82) is 0 Å². The molecule has 2 aliphatic rings. The maximum absolute atomic E-state index is 12.8. The number of carbonyl (C=O) groups excluding carboxylic acids is 1. The zero-order chi connectivity index (χ0) is 16.4. The van der Waals surface area contributed by atoms with Gasteiger partial charge in [0.1, 0.15) is 12.4 Å². The number of likely N-dealkylation sites (tertiary alicyclic amines) is 1. The summed E-state index contributed by atoms with van der Waals surface area (Å²) in [6.45, 7) is 1.30. The number of nitrogens with one attached hydrogen (secondary N) is 2. The first-order chi connectivity index (χ1) is 11.8. The minimum atomic E-state index is -0.00567. The van der Waals surface area contributed by atoms with Crippen molar-refractivity contribution in [3.8, 4) is 5.75 Å². The fraction of sp³-hybridized carbons (Fsp3) is 0.444. The number of H-pyrrole nitrogens is 1. The molecule has 24 heavy (non-hydrogen) atoms. The molecule has 0 unspecified atom stereocenters. The topological polar surface area (TPSA) is 70.2 Å². The normalized spacial score (nSPS) is 23.2. The molecule has 0 bridgehead atoms. The Bertz CT molecular complexity index is 701. The van der Waals surface area contributed by atoms with Crippen LogP contribution in [0, 0.1) is 0 Å². The summed E-state index contributed by atoms with van der Waals surface area (Å²) in [6, 6.07) is 8.13. The Balaban J connectivity index is 1.44. The number of urea groups is 1. The minimum Gasteiger partial charge on any atom is -0.491 e. The molecular weight excluding hydrogens is 304 g/mol. The van der Waals surface area contributed by atoms with Crippen LogP contribution in [0.25, 0.3) is 0 Å². The summed E-state index contributed by atoms with van der Waals surface area (Å²) in [4.78, 5) is 14.8. The van der Waals surface area contributed by atoms with E-state index < -0.39 is 0 Å². The fourth-order valence-electron chi connectivity index (χ4n) is 3.64. The van der Waals surface area contributed by atoms with E-state index in [4.69, 9.17) is 4.74 Å². The molecule has 2 amide bonds. The van der Waals surface area contributed by atoms with Crippen LogP contribution in [0.3, 0.4) is 0 Å². The molecule has 0 aliphatic carbocycles. The summed E-state index contributed by atoms with van der Waals surface area (Å²) in [5.41, 5.74) is 2.23. The van der Waals surface area contributed by atoms with Gasteiger partial charge in [-0.15, -0.1) is 0 Å². The smallest absolute Gasteiger partial charge is 0.318 e. The predicted molar refractivity (Wildman–Crippen MR) is 89.8 cm³/mol. The molecule has 1 fully saturated rings. The van der Waals surface area contributed by atoms with Crippen molar-refractivity contribution in [3.63, 3.8) is 0 Å². The van der Waals surface area contributed by atoms with Gasteiger partial charge in [0.2, 0.25) is 0 Å². The highest BCUT2D eigenvalue weighted by molar-refractivity contribution is 5.75. The van der Waals surface area contributed by atoms with Gasteiger partial charge in [0, 0.05) is 18.3 Å². The average Bonchev–Trinajstić information content (AvgIpc) is 3.16. The van der Waals surface area contributed by atoms with Gasteiger partial charge in [0.05, 0.1) is 18.3 Å². The van der Waals surface area contributed by atoms with Crippen LogP contribution < -0.4 is 10.1 Å². The lowest BCUT2D eigenvalue weighted by Crippen LogP contribution is -2.51. The number of piperidine rings is 1. The predicted octanol–water partition coefficient (Wildman–Crippen LogP) is 2.65. The monoisotopic (exact) mass is 326 g/mol. The third-order valence-corrected chi connectivity index (χ3v) is 4.87. The summed E-state index contributed by atoms with van der Waals surface area (Å²) in [5.74, 6) is 0.928. The molecular formula is C18H22N4O2. The third kappa shape index (κ3) is 2.96. The number of amides is 2. The van der Waals surface area contributed by atoms with Gasteiger partial charge in [-0.05, 0) is 37.3 Å². The van der Waals surface area contributed by atoms with E-state index >= 15 is 0 Å². The zero-order valence-corrected chi connectivity index (χ0v) is 13.6. The molecule has 1 aromatic carbocycles. The SMILES string of the molecule is O=C(N[C@@H]1COc2ccccc2C1)N1CCCC[C@H]1c1cn[nH]c1. The highest BCUT2D eigenvalue weighted by Crippen LogP contribution is 2.30. The van der Waals surface area contributed by atoms with Gasteiger partial charge >= 0.3 is 6.03 Å². The van der Waals surface area contributed by atoms with Crippen LogP contribution in [0.2, 0.25) is 0 Å². The molecule has 3 heterocycles. The minimum absolute atomic E-state index is 0.00567. The van der Waals surface area contributed by atoms with E-state index in [1.165, 1.54) is 0 Å². The van der Waals surface area contributed by atoms with E-state index in [1.54, 1.807) is 0 Å². The maximum atomic E-state index is 12.8. The Morgan fingerprint density at radius 3 is 3.12 bits per heavy atom. The van der Waals surface area contributed by atoms with Crippen molar-refractivity contribution in [1.82, 2.24) is 20.4 Å². The van der Waals surface area contributed by atoms with Gasteiger partial charge < -0.3 is 15.0 Å². The van der Waals surface area contributed by atoms with Crippen molar-refractivity contribution in [2.45, 2.75) is 37.8 Å². The summed E-state index contributed by atoms with van der Waals surface area (Å²) in [5, 5.41) is 10.0. The number of aromatic amines is 1. The number of hydrogen-bond donors (Lipinski definition) is 2. The standard InChI is InChI=1S/C18H22N4O2/c23-18(21-15-9-13-5-1-2-7-17(13)24-12-15)22-8-4-3-6-16(22)14-10-19-20-11-14/h1-2,5,7,10-11,15-16H,3-4,6,8-9,12H2,(H,19,20)(H,21,23)/t15-,16-/m0/s1. The van der Waals surface area contributed by atoms with E-state index in [0.29, 0.717) is 6.61 Å². The number of fused-ring (bicyclic) bond motifs is 1. The molecule has 0 saturated carbocycles. The number of ether oxygens (including phenoxy) is 1. The molecule has 0 spiro atoms. The Morgan fingerprint density at radius 2 is 2.25 bits per heavy atom. The molecule has 6 nitrogen and oxygen atoms in total. The van der Waals surface area contributed by atoms with Crippen molar-refractivity contribution in [2.24, 2.45) is 0 Å². The van der Waals surface area contributed by atoms with Crippen molar-refractivity contribution in [3.05, 3.63) is 47.8 Å². The second kappa shape index (κ2) is 6.55. The third-order valence-electron chi connectivity index (χ3n) is 4.87. The van der Waals surface area contributed by atoms with Gasteiger partial charge in [0.25, 0.3) is 0 Å². The molecule has 2 N–H and O–H groups in total. The second-order valence-electron chi connectivity index (χ2n) is 6.51. The summed E-state index contributed by atoms with van der Waals surface area (Å²) in [7, 11) is 0. The number of nitrogens with zero attached hydrogens (tertiary/aromatic N) is 2. The quantitative estimate of drug-likeness (QED) is 0.891.